The maximum absolute atomic E-state index is 12.9. The maximum atomic E-state index is 12.9. The molecule has 0 aliphatic carbocycles. The van der Waals surface area contributed by atoms with Gasteiger partial charge in [0.1, 0.15) is 10.8 Å². The Labute approximate surface area is 191 Å². The Morgan fingerprint density at radius 1 is 1.07 bits per heavy atom. The molecule has 1 fully saturated rings. The van der Waals surface area contributed by atoms with E-state index in [0.717, 1.165) is 13.8 Å². The van der Waals surface area contributed by atoms with Crippen LogP contribution >= 0.6 is 43.2 Å². The highest BCUT2D eigenvalue weighted by molar-refractivity contribution is 9.13. The van der Waals surface area contributed by atoms with E-state index >= 15 is 0 Å². The van der Waals surface area contributed by atoms with Gasteiger partial charge in [0.15, 0.2) is 11.5 Å². The molecule has 1 aliphatic rings. The minimum absolute atomic E-state index is 0.348. The summed E-state index contributed by atoms with van der Waals surface area (Å²) < 4.78 is 45.6. The molecular formula is C18H23Br2N2O5S2+. The van der Waals surface area contributed by atoms with Crippen LogP contribution in [0.15, 0.2) is 30.7 Å². The predicted octanol–water partition coefficient (Wildman–Crippen LogP) is 2.39. The zero-order chi connectivity index (χ0) is 21.2. The van der Waals surface area contributed by atoms with E-state index in [2.05, 4.69) is 31.9 Å². The molecule has 2 aromatic rings. The number of piperazine rings is 1. The van der Waals surface area contributed by atoms with Crippen molar-refractivity contribution in [3.63, 3.8) is 0 Å². The van der Waals surface area contributed by atoms with Crippen LogP contribution in [-0.2, 0) is 16.6 Å². The number of quaternary nitrogens is 1. The minimum Gasteiger partial charge on any atom is -0.493 e. The van der Waals surface area contributed by atoms with Gasteiger partial charge >= 0.3 is 0 Å². The number of rotatable bonds is 7. The largest absolute Gasteiger partial charge is 0.493 e. The molecule has 0 radical (unpaired) electrons. The van der Waals surface area contributed by atoms with Crippen LogP contribution in [0.4, 0.5) is 0 Å². The van der Waals surface area contributed by atoms with Gasteiger partial charge in [-0.15, -0.1) is 11.3 Å². The molecule has 0 spiro atoms. The summed E-state index contributed by atoms with van der Waals surface area (Å²) in [6.07, 6.45) is 0. The highest BCUT2D eigenvalue weighted by Gasteiger charge is 2.32. The topological polar surface area (TPSA) is 69.5 Å². The van der Waals surface area contributed by atoms with Crippen LogP contribution in [0.3, 0.4) is 0 Å². The van der Waals surface area contributed by atoms with Crippen molar-refractivity contribution in [2.45, 2.75) is 10.8 Å². The quantitative estimate of drug-likeness (QED) is 0.553. The number of halogens is 2. The lowest BCUT2D eigenvalue weighted by molar-refractivity contribution is -0.917. The number of methoxy groups -OCH3 is 3. The molecule has 1 aromatic carbocycles. The normalized spacial score (nSPS) is 16.0. The van der Waals surface area contributed by atoms with Gasteiger partial charge in [-0.25, -0.2) is 8.42 Å². The number of hydrogen-bond donors (Lipinski definition) is 1. The van der Waals surface area contributed by atoms with E-state index in [1.165, 1.54) is 16.2 Å². The molecule has 0 amide bonds. The number of benzene rings is 1. The summed E-state index contributed by atoms with van der Waals surface area (Å²) in [4.78, 5) is 1.29. The molecule has 11 heteroatoms. The van der Waals surface area contributed by atoms with E-state index in [1.54, 1.807) is 31.7 Å². The number of nitrogens with zero attached hydrogens (tertiary/aromatic N) is 1. The summed E-state index contributed by atoms with van der Waals surface area (Å²) in [7, 11) is 1.31. The Kier molecular flexibility index (Phi) is 7.50. The summed E-state index contributed by atoms with van der Waals surface area (Å²) in [6.45, 7) is 3.09. The van der Waals surface area contributed by atoms with Crippen LogP contribution in [0, 0.1) is 0 Å². The molecule has 2 heterocycles. The van der Waals surface area contributed by atoms with Gasteiger partial charge < -0.3 is 19.1 Å². The first-order chi connectivity index (χ1) is 13.8. The molecule has 1 saturated heterocycles. The van der Waals surface area contributed by atoms with Crippen LogP contribution in [0.5, 0.6) is 17.2 Å². The summed E-state index contributed by atoms with van der Waals surface area (Å²) in [6, 6.07) is 5.48. The monoisotopic (exact) mass is 569 g/mol. The van der Waals surface area contributed by atoms with Crippen LogP contribution in [0.1, 0.15) is 5.56 Å². The van der Waals surface area contributed by atoms with Gasteiger partial charge in [0.25, 0.3) is 10.0 Å². The third-order valence-electron chi connectivity index (χ3n) is 4.87. The summed E-state index contributed by atoms with van der Waals surface area (Å²) in [5, 5.41) is 0. The summed E-state index contributed by atoms with van der Waals surface area (Å²) in [5.41, 5.74) is 1.00. The lowest BCUT2D eigenvalue weighted by atomic mass is 10.1. The molecule has 160 valence electrons. The van der Waals surface area contributed by atoms with Gasteiger partial charge in [-0.2, -0.15) is 4.31 Å². The maximum Gasteiger partial charge on any atom is 0.253 e. The molecule has 7 nitrogen and oxygen atoms in total. The summed E-state index contributed by atoms with van der Waals surface area (Å²) in [5.74, 6) is 1.84. The van der Waals surface area contributed by atoms with Gasteiger partial charge in [-0.3, -0.25) is 0 Å². The second kappa shape index (κ2) is 9.52. The van der Waals surface area contributed by atoms with Crippen molar-refractivity contribution in [1.82, 2.24) is 4.31 Å². The molecule has 29 heavy (non-hydrogen) atoms. The molecular weight excluding hydrogens is 548 g/mol. The van der Waals surface area contributed by atoms with Gasteiger partial charge in [0.2, 0.25) is 5.75 Å². The van der Waals surface area contributed by atoms with E-state index in [1.807, 2.05) is 12.1 Å². The number of thiophene rings is 1. The number of hydrogen-bond acceptors (Lipinski definition) is 6. The fraction of sp³-hybridized carbons (Fsp3) is 0.444. The lowest BCUT2D eigenvalue weighted by Gasteiger charge is -2.31. The third-order valence-corrected chi connectivity index (χ3v) is 10.5. The highest BCUT2D eigenvalue weighted by atomic mass is 79.9. The Morgan fingerprint density at radius 3 is 2.24 bits per heavy atom. The molecule has 1 N–H and O–H groups in total. The van der Waals surface area contributed by atoms with Crippen LogP contribution in [0.2, 0.25) is 0 Å². The van der Waals surface area contributed by atoms with Gasteiger partial charge in [0.05, 0.1) is 56.9 Å². The molecule has 0 saturated carbocycles. The average Bonchev–Trinajstić information content (AvgIpc) is 3.07. The fourth-order valence-corrected chi connectivity index (χ4v) is 7.79. The standard InChI is InChI=1S/C18H22Br2N2O5S2/c1-25-14-5-4-12(16(26-2)17(14)27-3)11-21-6-8-22(9-7-21)29(23,24)15-10-13(19)18(20)28-15/h4-5,10H,6-9,11H2,1-3H3/p+1. The van der Waals surface area contributed by atoms with Crippen molar-refractivity contribution >= 4 is 53.2 Å². The minimum atomic E-state index is -3.48. The van der Waals surface area contributed by atoms with Crippen molar-refractivity contribution in [3.8, 4) is 17.2 Å². The van der Waals surface area contributed by atoms with Crippen LogP contribution < -0.4 is 19.1 Å². The van der Waals surface area contributed by atoms with Crippen molar-refractivity contribution in [1.29, 1.82) is 0 Å². The zero-order valence-corrected chi connectivity index (χ0v) is 21.1. The second-order valence-corrected chi connectivity index (χ2v) is 11.9. The second-order valence-electron chi connectivity index (χ2n) is 6.51. The van der Waals surface area contributed by atoms with E-state index in [9.17, 15) is 8.42 Å². The van der Waals surface area contributed by atoms with Crippen LogP contribution in [-0.4, -0.2) is 60.2 Å². The van der Waals surface area contributed by atoms with Crippen molar-refractivity contribution in [2.75, 3.05) is 47.5 Å². The highest BCUT2D eigenvalue weighted by Crippen LogP contribution is 2.39. The average molecular weight is 571 g/mol. The Balaban J connectivity index is 1.70. The molecule has 1 aliphatic heterocycles. The van der Waals surface area contributed by atoms with Crippen LogP contribution in [0.25, 0.3) is 0 Å². The number of sulfonamides is 1. The van der Waals surface area contributed by atoms with E-state index < -0.39 is 10.0 Å². The first-order valence-electron chi connectivity index (χ1n) is 8.88. The van der Waals surface area contributed by atoms with E-state index in [-0.39, 0.29) is 0 Å². The van der Waals surface area contributed by atoms with Gasteiger partial charge in [-0.05, 0) is 50.1 Å². The van der Waals surface area contributed by atoms with E-state index in [4.69, 9.17) is 14.2 Å². The Hall–Kier alpha value is -0.850. The number of ether oxygens (including phenoxy) is 3. The first kappa shape index (κ1) is 22.8. The molecule has 0 bridgehead atoms. The molecule has 1 aromatic heterocycles. The molecule has 3 rings (SSSR count). The Bertz CT molecular complexity index is 953. The van der Waals surface area contributed by atoms with Crippen molar-refractivity contribution in [2.24, 2.45) is 0 Å². The van der Waals surface area contributed by atoms with E-state index in [0.29, 0.717) is 54.2 Å². The summed E-state index contributed by atoms with van der Waals surface area (Å²) >= 11 is 7.95. The Morgan fingerprint density at radius 2 is 1.72 bits per heavy atom. The van der Waals surface area contributed by atoms with Crippen molar-refractivity contribution < 1.29 is 27.5 Å². The van der Waals surface area contributed by atoms with Gasteiger partial charge in [0, 0.05) is 4.47 Å². The van der Waals surface area contributed by atoms with Gasteiger partial charge in [-0.1, -0.05) is 0 Å². The lowest BCUT2D eigenvalue weighted by Crippen LogP contribution is -3.13. The zero-order valence-electron chi connectivity index (χ0n) is 16.3. The SMILES string of the molecule is COc1ccc(C[NH+]2CCN(S(=O)(=O)c3cc(Br)c(Br)s3)CC2)c(OC)c1OC. The fourth-order valence-electron chi connectivity index (χ4n) is 3.37. The first-order valence-corrected chi connectivity index (χ1v) is 12.7. The predicted molar refractivity (Wildman–Crippen MR) is 119 cm³/mol. The van der Waals surface area contributed by atoms with Crippen molar-refractivity contribution in [3.05, 3.63) is 32.0 Å². The number of nitrogens with one attached hydrogen (secondary N) is 1. The smallest absolute Gasteiger partial charge is 0.253 e. The molecule has 0 unspecified atom stereocenters. The molecule has 0 atom stereocenters. The third kappa shape index (κ3) is 4.75.